The van der Waals surface area contributed by atoms with Gasteiger partial charge in [0, 0.05) is 44.1 Å². The lowest BCUT2D eigenvalue weighted by Crippen LogP contribution is -2.21. The van der Waals surface area contributed by atoms with Gasteiger partial charge in [-0.05, 0) is 6.42 Å². The van der Waals surface area contributed by atoms with Crippen LogP contribution < -0.4 is 10.2 Å². The van der Waals surface area contributed by atoms with Gasteiger partial charge in [-0.3, -0.25) is 0 Å². The first kappa shape index (κ1) is 18.4. The molecule has 5 heteroatoms. The van der Waals surface area contributed by atoms with Crippen LogP contribution in [-0.4, -0.2) is 38.8 Å². The zero-order valence-corrected chi connectivity index (χ0v) is 15.3. The summed E-state index contributed by atoms with van der Waals surface area (Å²) in [5, 5.41) is 4.57. The topological polar surface area (TPSA) is 37.4 Å². The van der Waals surface area contributed by atoms with Crippen LogP contribution in [0.15, 0.2) is 0 Å². The highest BCUT2D eigenvalue weighted by Gasteiger charge is 2.24. The molecule has 0 radical (unpaired) electrons. The van der Waals surface area contributed by atoms with Crippen molar-refractivity contribution in [3.05, 3.63) is 10.6 Å². The van der Waals surface area contributed by atoms with Gasteiger partial charge < -0.3 is 15.0 Å². The van der Waals surface area contributed by atoms with E-state index in [4.69, 9.17) is 9.72 Å². The van der Waals surface area contributed by atoms with Crippen molar-refractivity contribution in [3.8, 4) is 0 Å². The van der Waals surface area contributed by atoms with E-state index in [2.05, 4.69) is 45.0 Å². The molecule has 0 aromatic carbocycles. The lowest BCUT2D eigenvalue weighted by Gasteiger charge is -2.18. The summed E-state index contributed by atoms with van der Waals surface area (Å²) < 4.78 is 5.08. The quantitative estimate of drug-likeness (QED) is 0.709. The second-order valence-corrected chi connectivity index (χ2v) is 7.52. The highest BCUT2D eigenvalue weighted by atomic mass is 32.1. The van der Waals surface area contributed by atoms with E-state index in [0.29, 0.717) is 0 Å². The summed E-state index contributed by atoms with van der Waals surface area (Å²) in [6.45, 7) is 12.5. The molecular weight excluding hydrogens is 282 g/mol. The maximum Gasteiger partial charge on any atom is 0.185 e. The van der Waals surface area contributed by atoms with Crippen LogP contribution in [0.5, 0.6) is 0 Å². The van der Waals surface area contributed by atoms with E-state index in [1.807, 2.05) is 11.3 Å². The van der Waals surface area contributed by atoms with Gasteiger partial charge >= 0.3 is 0 Å². The fraction of sp³-hybridized carbons (Fsp3) is 0.812. The van der Waals surface area contributed by atoms with Crippen molar-refractivity contribution in [1.82, 2.24) is 10.3 Å². The molecule has 0 spiro atoms. The summed E-state index contributed by atoms with van der Waals surface area (Å²) in [5.41, 5.74) is 1.30. The molecule has 0 aliphatic heterocycles. The first-order valence-corrected chi connectivity index (χ1v) is 8.62. The van der Waals surface area contributed by atoms with Gasteiger partial charge in [0.1, 0.15) is 0 Å². The Morgan fingerprint density at radius 2 is 2.05 bits per heavy atom. The van der Waals surface area contributed by atoms with Crippen LogP contribution in [0.1, 0.15) is 51.1 Å². The van der Waals surface area contributed by atoms with Gasteiger partial charge in [0.05, 0.1) is 12.3 Å². The summed E-state index contributed by atoms with van der Waals surface area (Å²) in [6.07, 6.45) is 2.43. The van der Waals surface area contributed by atoms with Crippen molar-refractivity contribution in [1.29, 1.82) is 0 Å². The first-order chi connectivity index (χ1) is 9.90. The lowest BCUT2D eigenvalue weighted by atomic mass is 9.91. The monoisotopic (exact) mass is 313 g/mol. The average Bonchev–Trinajstić information content (AvgIpc) is 2.85. The van der Waals surface area contributed by atoms with Crippen LogP contribution >= 0.6 is 11.3 Å². The fourth-order valence-electron chi connectivity index (χ4n) is 2.08. The zero-order valence-electron chi connectivity index (χ0n) is 14.5. The Hall–Kier alpha value is -0.650. The van der Waals surface area contributed by atoms with Gasteiger partial charge in [0.2, 0.25) is 0 Å². The molecular formula is C16H31N3OS. The Morgan fingerprint density at radius 3 is 2.62 bits per heavy atom. The highest BCUT2D eigenvalue weighted by molar-refractivity contribution is 7.15. The van der Waals surface area contributed by atoms with Crippen molar-refractivity contribution in [2.24, 2.45) is 0 Å². The van der Waals surface area contributed by atoms with Gasteiger partial charge in [0.25, 0.3) is 0 Å². The Bertz CT molecular complexity index is 412. The van der Waals surface area contributed by atoms with Gasteiger partial charge in [-0.1, -0.05) is 34.1 Å². The summed E-state index contributed by atoms with van der Waals surface area (Å²) >= 11 is 1.81. The van der Waals surface area contributed by atoms with E-state index in [9.17, 15) is 0 Å². The normalized spacial score (nSPS) is 11.9. The second kappa shape index (κ2) is 8.71. The Morgan fingerprint density at radius 1 is 1.33 bits per heavy atom. The SMILES string of the molecule is CCCCN(C)c1nc(C(C)(C)C)c(CNCCOC)s1. The van der Waals surface area contributed by atoms with Gasteiger partial charge in [-0.25, -0.2) is 4.98 Å². The van der Waals surface area contributed by atoms with E-state index in [0.717, 1.165) is 31.4 Å². The van der Waals surface area contributed by atoms with E-state index in [1.54, 1.807) is 7.11 Å². The molecule has 0 bridgehead atoms. The number of rotatable bonds is 9. The number of thiazole rings is 1. The zero-order chi connectivity index (χ0) is 15.9. The van der Waals surface area contributed by atoms with Crippen LogP contribution in [0.3, 0.4) is 0 Å². The molecule has 1 heterocycles. The molecule has 0 saturated carbocycles. The van der Waals surface area contributed by atoms with Crippen LogP contribution in [-0.2, 0) is 16.7 Å². The summed E-state index contributed by atoms with van der Waals surface area (Å²) in [6, 6.07) is 0. The van der Waals surface area contributed by atoms with Crippen LogP contribution in [0.4, 0.5) is 5.13 Å². The summed E-state index contributed by atoms with van der Waals surface area (Å²) in [7, 11) is 3.87. The van der Waals surface area contributed by atoms with Crippen LogP contribution in [0.25, 0.3) is 0 Å². The number of ether oxygens (including phenoxy) is 1. The Kier molecular flexibility index (Phi) is 7.63. The minimum atomic E-state index is 0.0820. The third kappa shape index (κ3) is 5.93. The first-order valence-electron chi connectivity index (χ1n) is 7.81. The molecule has 1 aromatic rings. The predicted molar refractivity (Wildman–Crippen MR) is 92.6 cm³/mol. The van der Waals surface area contributed by atoms with E-state index < -0.39 is 0 Å². The molecule has 122 valence electrons. The molecule has 0 unspecified atom stereocenters. The average molecular weight is 314 g/mol. The molecule has 1 aromatic heterocycles. The molecule has 0 saturated heterocycles. The van der Waals surface area contributed by atoms with Crippen molar-refractivity contribution in [2.45, 2.75) is 52.5 Å². The lowest BCUT2D eigenvalue weighted by molar-refractivity contribution is 0.199. The molecule has 0 amide bonds. The molecule has 0 aliphatic carbocycles. The molecule has 0 atom stereocenters. The summed E-state index contributed by atoms with van der Waals surface area (Å²) in [5.74, 6) is 0. The largest absolute Gasteiger partial charge is 0.383 e. The Labute approximate surface area is 133 Å². The maximum absolute atomic E-state index is 5.08. The number of anilines is 1. The van der Waals surface area contributed by atoms with Gasteiger partial charge in [-0.2, -0.15) is 0 Å². The van der Waals surface area contributed by atoms with Crippen molar-refractivity contribution in [3.63, 3.8) is 0 Å². The number of methoxy groups -OCH3 is 1. The molecule has 1 N–H and O–H groups in total. The Balaban J connectivity index is 2.81. The summed E-state index contributed by atoms with van der Waals surface area (Å²) in [4.78, 5) is 8.53. The van der Waals surface area contributed by atoms with Crippen molar-refractivity contribution >= 4 is 16.5 Å². The standard InChI is InChI=1S/C16H31N3OS/c1-7-8-10-19(5)15-18-14(16(2,3)4)13(21-15)12-17-9-11-20-6/h17H,7-12H2,1-6H3. The van der Waals surface area contributed by atoms with Crippen molar-refractivity contribution in [2.75, 3.05) is 38.8 Å². The van der Waals surface area contributed by atoms with Crippen LogP contribution in [0.2, 0.25) is 0 Å². The highest BCUT2D eigenvalue weighted by Crippen LogP contribution is 2.33. The molecule has 0 fully saturated rings. The van der Waals surface area contributed by atoms with Gasteiger partial charge in [-0.15, -0.1) is 11.3 Å². The molecule has 1 rings (SSSR count). The minimum absolute atomic E-state index is 0.0820. The van der Waals surface area contributed by atoms with E-state index in [1.165, 1.54) is 23.4 Å². The third-order valence-electron chi connectivity index (χ3n) is 3.34. The number of unbranched alkanes of at least 4 members (excludes halogenated alkanes) is 1. The number of hydrogen-bond donors (Lipinski definition) is 1. The van der Waals surface area contributed by atoms with E-state index in [-0.39, 0.29) is 5.41 Å². The number of nitrogens with one attached hydrogen (secondary N) is 1. The number of aromatic nitrogens is 1. The second-order valence-electron chi connectivity index (χ2n) is 6.46. The smallest absolute Gasteiger partial charge is 0.185 e. The van der Waals surface area contributed by atoms with Crippen molar-refractivity contribution < 1.29 is 4.74 Å². The minimum Gasteiger partial charge on any atom is -0.383 e. The molecule has 4 nitrogen and oxygen atoms in total. The molecule has 0 aliphatic rings. The predicted octanol–water partition coefficient (Wildman–Crippen LogP) is 3.41. The number of hydrogen-bond acceptors (Lipinski definition) is 5. The maximum atomic E-state index is 5.08. The number of nitrogens with zero attached hydrogens (tertiary/aromatic N) is 2. The van der Waals surface area contributed by atoms with E-state index >= 15 is 0 Å². The molecule has 21 heavy (non-hydrogen) atoms. The van der Waals surface area contributed by atoms with Crippen LogP contribution in [0, 0.1) is 0 Å². The fourth-order valence-corrected chi connectivity index (χ4v) is 3.30. The third-order valence-corrected chi connectivity index (χ3v) is 4.51. The van der Waals surface area contributed by atoms with Gasteiger partial charge in [0.15, 0.2) is 5.13 Å².